The molecule has 0 aliphatic rings. The topological polar surface area (TPSA) is 20.3 Å². The van der Waals surface area contributed by atoms with Gasteiger partial charge in [-0.2, -0.15) is 12.6 Å². The molecule has 0 spiro atoms. The molecule has 0 N–H and O–H groups in total. The molecular formula is C10H12FNOS. The SMILES string of the molecule is CN(C(=O)CCS)c1cccc(F)c1. The Morgan fingerprint density at radius 1 is 1.57 bits per heavy atom. The Morgan fingerprint density at radius 2 is 2.29 bits per heavy atom. The zero-order chi connectivity index (χ0) is 10.6. The number of carbonyl (C=O) groups excluding carboxylic acids is 1. The first-order valence-corrected chi connectivity index (χ1v) is 4.91. The van der Waals surface area contributed by atoms with Crippen molar-refractivity contribution in [3.8, 4) is 0 Å². The highest BCUT2D eigenvalue weighted by molar-refractivity contribution is 7.80. The third-order valence-electron chi connectivity index (χ3n) is 1.90. The average Bonchev–Trinajstić information content (AvgIpc) is 2.17. The quantitative estimate of drug-likeness (QED) is 0.762. The molecule has 0 radical (unpaired) electrons. The van der Waals surface area contributed by atoms with Gasteiger partial charge in [0.05, 0.1) is 0 Å². The first-order valence-electron chi connectivity index (χ1n) is 4.28. The number of benzene rings is 1. The van der Waals surface area contributed by atoms with Crippen molar-refractivity contribution in [3.63, 3.8) is 0 Å². The molecule has 1 aromatic rings. The maximum Gasteiger partial charge on any atom is 0.227 e. The lowest BCUT2D eigenvalue weighted by Gasteiger charge is -2.16. The van der Waals surface area contributed by atoms with Crippen LogP contribution in [0.15, 0.2) is 24.3 Å². The van der Waals surface area contributed by atoms with Gasteiger partial charge in [0.2, 0.25) is 5.91 Å². The smallest absolute Gasteiger partial charge is 0.227 e. The first kappa shape index (κ1) is 11.0. The lowest BCUT2D eigenvalue weighted by Crippen LogP contribution is -2.26. The molecule has 0 atom stereocenters. The molecule has 0 aliphatic heterocycles. The molecule has 1 aromatic carbocycles. The second-order valence-electron chi connectivity index (χ2n) is 2.91. The van der Waals surface area contributed by atoms with Gasteiger partial charge in [-0.25, -0.2) is 4.39 Å². The molecule has 2 nitrogen and oxygen atoms in total. The van der Waals surface area contributed by atoms with Crippen LogP contribution in [0.3, 0.4) is 0 Å². The largest absolute Gasteiger partial charge is 0.315 e. The Kier molecular flexibility index (Phi) is 3.95. The van der Waals surface area contributed by atoms with Gasteiger partial charge >= 0.3 is 0 Å². The minimum atomic E-state index is -0.340. The highest BCUT2D eigenvalue weighted by Crippen LogP contribution is 2.14. The summed E-state index contributed by atoms with van der Waals surface area (Å²) in [5.41, 5.74) is 0.566. The van der Waals surface area contributed by atoms with Crippen molar-refractivity contribution >= 4 is 24.2 Å². The average molecular weight is 213 g/mol. The van der Waals surface area contributed by atoms with E-state index in [1.807, 2.05) is 0 Å². The van der Waals surface area contributed by atoms with Crippen molar-refractivity contribution in [2.24, 2.45) is 0 Å². The van der Waals surface area contributed by atoms with Crippen molar-refractivity contribution in [2.45, 2.75) is 6.42 Å². The van der Waals surface area contributed by atoms with Gasteiger partial charge in [0, 0.05) is 19.2 Å². The Bertz CT molecular complexity index is 330. The molecule has 14 heavy (non-hydrogen) atoms. The maximum absolute atomic E-state index is 12.8. The van der Waals surface area contributed by atoms with Crippen LogP contribution in [0.2, 0.25) is 0 Å². The third kappa shape index (κ3) is 2.73. The van der Waals surface area contributed by atoms with E-state index in [2.05, 4.69) is 12.6 Å². The summed E-state index contributed by atoms with van der Waals surface area (Å²) >= 11 is 3.97. The van der Waals surface area contributed by atoms with E-state index in [-0.39, 0.29) is 11.7 Å². The highest BCUT2D eigenvalue weighted by atomic mass is 32.1. The normalized spacial score (nSPS) is 9.93. The van der Waals surface area contributed by atoms with E-state index in [4.69, 9.17) is 0 Å². The van der Waals surface area contributed by atoms with Crippen LogP contribution in [-0.2, 0) is 4.79 Å². The van der Waals surface area contributed by atoms with Crippen molar-refractivity contribution in [2.75, 3.05) is 17.7 Å². The number of hydrogen-bond acceptors (Lipinski definition) is 2. The lowest BCUT2D eigenvalue weighted by atomic mass is 10.2. The fourth-order valence-corrected chi connectivity index (χ4v) is 1.28. The summed E-state index contributed by atoms with van der Waals surface area (Å²) in [6.07, 6.45) is 0.357. The number of amides is 1. The fraction of sp³-hybridized carbons (Fsp3) is 0.300. The summed E-state index contributed by atoms with van der Waals surface area (Å²) in [7, 11) is 1.63. The molecule has 0 saturated heterocycles. The predicted molar refractivity (Wildman–Crippen MR) is 58.3 cm³/mol. The van der Waals surface area contributed by atoms with Crippen LogP contribution >= 0.6 is 12.6 Å². The summed E-state index contributed by atoms with van der Waals surface area (Å²) in [6, 6.07) is 5.95. The number of hydrogen-bond donors (Lipinski definition) is 1. The molecule has 0 unspecified atom stereocenters. The number of thiol groups is 1. The second kappa shape index (κ2) is 5.00. The molecule has 1 rings (SSSR count). The van der Waals surface area contributed by atoms with Crippen LogP contribution in [0.1, 0.15) is 6.42 Å². The van der Waals surface area contributed by atoms with E-state index in [1.54, 1.807) is 19.2 Å². The van der Waals surface area contributed by atoms with Gasteiger partial charge in [-0.1, -0.05) is 6.07 Å². The molecule has 0 aromatic heterocycles. The number of nitrogens with zero attached hydrogens (tertiary/aromatic N) is 1. The van der Waals surface area contributed by atoms with E-state index < -0.39 is 0 Å². The lowest BCUT2D eigenvalue weighted by molar-refractivity contribution is -0.117. The highest BCUT2D eigenvalue weighted by Gasteiger charge is 2.09. The molecule has 1 amide bonds. The number of halogens is 1. The van der Waals surface area contributed by atoms with E-state index in [1.165, 1.54) is 17.0 Å². The molecule has 0 bridgehead atoms. The molecule has 4 heteroatoms. The number of rotatable bonds is 3. The predicted octanol–water partition coefficient (Wildman–Crippen LogP) is 2.11. The van der Waals surface area contributed by atoms with Crippen molar-refractivity contribution in [1.29, 1.82) is 0 Å². The van der Waals surface area contributed by atoms with Crippen LogP contribution < -0.4 is 4.90 Å². The summed E-state index contributed by atoms with van der Waals surface area (Å²) in [6.45, 7) is 0. The van der Waals surface area contributed by atoms with Gasteiger partial charge in [0.1, 0.15) is 5.82 Å². The molecule has 76 valence electrons. The molecule has 0 fully saturated rings. The Morgan fingerprint density at radius 3 is 2.86 bits per heavy atom. The molecule has 0 heterocycles. The minimum absolute atomic E-state index is 0.0643. The molecule has 0 saturated carbocycles. The zero-order valence-corrected chi connectivity index (χ0v) is 8.80. The van der Waals surface area contributed by atoms with Gasteiger partial charge in [-0.3, -0.25) is 4.79 Å². The summed E-state index contributed by atoms with van der Waals surface area (Å²) < 4.78 is 12.8. The van der Waals surface area contributed by atoms with Gasteiger partial charge in [-0.05, 0) is 24.0 Å². The maximum atomic E-state index is 12.8. The molecule has 0 aliphatic carbocycles. The van der Waals surface area contributed by atoms with Crippen LogP contribution in [0.4, 0.5) is 10.1 Å². The Labute approximate surface area is 88.1 Å². The standard InChI is InChI=1S/C10H12FNOS/c1-12(10(13)5-6-14)9-4-2-3-8(11)7-9/h2-4,7,14H,5-6H2,1H3. The van der Waals surface area contributed by atoms with Gasteiger partial charge in [0.25, 0.3) is 0 Å². The minimum Gasteiger partial charge on any atom is -0.315 e. The van der Waals surface area contributed by atoms with Crippen molar-refractivity contribution in [1.82, 2.24) is 0 Å². The number of carbonyl (C=O) groups is 1. The van der Waals surface area contributed by atoms with Gasteiger partial charge in [0.15, 0.2) is 0 Å². The summed E-state index contributed by atoms with van der Waals surface area (Å²) in [5.74, 6) is 0.0944. The van der Waals surface area contributed by atoms with Gasteiger partial charge in [-0.15, -0.1) is 0 Å². The van der Waals surface area contributed by atoms with E-state index in [0.29, 0.717) is 17.9 Å². The van der Waals surface area contributed by atoms with Crippen LogP contribution in [0.5, 0.6) is 0 Å². The van der Waals surface area contributed by atoms with Crippen LogP contribution in [0.25, 0.3) is 0 Å². The third-order valence-corrected chi connectivity index (χ3v) is 2.12. The zero-order valence-electron chi connectivity index (χ0n) is 7.90. The van der Waals surface area contributed by atoms with E-state index in [9.17, 15) is 9.18 Å². The van der Waals surface area contributed by atoms with E-state index >= 15 is 0 Å². The second-order valence-corrected chi connectivity index (χ2v) is 3.35. The monoisotopic (exact) mass is 213 g/mol. The van der Waals surface area contributed by atoms with Crippen LogP contribution in [0, 0.1) is 5.82 Å². The fourth-order valence-electron chi connectivity index (χ4n) is 1.09. The summed E-state index contributed by atoms with van der Waals surface area (Å²) in [5, 5.41) is 0. The van der Waals surface area contributed by atoms with Crippen molar-refractivity contribution in [3.05, 3.63) is 30.1 Å². The summed E-state index contributed by atoms with van der Waals surface area (Å²) in [4.78, 5) is 12.8. The van der Waals surface area contributed by atoms with Gasteiger partial charge < -0.3 is 4.90 Å². The Balaban J connectivity index is 2.78. The first-order chi connectivity index (χ1) is 6.65. The number of anilines is 1. The van der Waals surface area contributed by atoms with Crippen LogP contribution in [-0.4, -0.2) is 18.7 Å². The van der Waals surface area contributed by atoms with Crippen molar-refractivity contribution < 1.29 is 9.18 Å². The Hall–Kier alpha value is -1.03. The molecular weight excluding hydrogens is 201 g/mol. The van der Waals surface area contributed by atoms with E-state index in [0.717, 1.165) is 0 Å².